The molecule has 6 heteroatoms. The summed E-state index contributed by atoms with van der Waals surface area (Å²) in [7, 11) is 0. The van der Waals surface area contributed by atoms with Crippen molar-refractivity contribution in [3.05, 3.63) is 231 Å². The third kappa shape index (κ3) is 6.45. The molecule has 10 aromatic carbocycles. The lowest BCUT2D eigenvalue weighted by atomic mass is 9.94. The molecule has 0 aliphatic carbocycles. The van der Waals surface area contributed by atoms with Crippen LogP contribution in [0.5, 0.6) is 0 Å². The molecule has 14 aromatic rings. The molecule has 0 saturated heterocycles. The van der Waals surface area contributed by atoms with Gasteiger partial charge in [-0.25, -0.2) is 15.0 Å². The van der Waals surface area contributed by atoms with Gasteiger partial charge in [0.1, 0.15) is 22.3 Å². The molecule has 69 heavy (non-hydrogen) atoms. The summed E-state index contributed by atoms with van der Waals surface area (Å²) in [5.41, 5.74) is 15.4. The maximum Gasteiger partial charge on any atom is 0.164 e. The van der Waals surface area contributed by atoms with Crippen molar-refractivity contribution in [3.63, 3.8) is 0 Å². The van der Waals surface area contributed by atoms with Crippen LogP contribution < -0.4 is 0 Å². The van der Waals surface area contributed by atoms with E-state index < -0.39 is 0 Å². The molecule has 0 unspecified atom stereocenters. The van der Waals surface area contributed by atoms with Gasteiger partial charge in [0.15, 0.2) is 17.5 Å². The number of rotatable bonds is 7. The normalized spacial score (nSPS) is 11.8. The van der Waals surface area contributed by atoms with Crippen molar-refractivity contribution in [2.45, 2.75) is 0 Å². The molecular formula is C63H38N4O2. The fourth-order valence-electron chi connectivity index (χ4n) is 10.2. The van der Waals surface area contributed by atoms with Gasteiger partial charge in [-0.3, -0.25) is 0 Å². The van der Waals surface area contributed by atoms with E-state index in [2.05, 4.69) is 180 Å². The lowest BCUT2D eigenvalue weighted by Crippen LogP contribution is -2.01. The Morgan fingerprint density at radius 3 is 1.51 bits per heavy atom. The van der Waals surface area contributed by atoms with Crippen LogP contribution in [0.15, 0.2) is 239 Å². The maximum atomic E-state index is 6.87. The number of hydrogen-bond acceptors (Lipinski definition) is 5. The zero-order chi connectivity index (χ0) is 45.4. The monoisotopic (exact) mass is 882 g/mol. The molecule has 0 amide bonds. The summed E-state index contributed by atoms with van der Waals surface area (Å²) in [5, 5.41) is 6.45. The first-order chi connectivity index (χ1) is 34.2. The van der Waals surface area contributed by atoms with E-state index in [0.717, 1.165) is 99.5 Å². The quantitative estimate of drug-likeness (QED) is 0.159. The largest absolute Gasteiger partial charge is 0.456 e. The van der Waals surface area contributed by atoms with Gasteiger partial charge in [-0.15, -0.1) is 0 Å². The highest BCUT2D eigenvalue weighted by Gasteiger charge is 2.24. The minimum Gasteiger partial charge on any atom is -0.456 e. The number of hydrogen-bond donors (Lipinski definition) is 0. The van der Waals surface area contributed by atoms with Gasteiger partial charge in [-0.05, 0) is 88.0 Å². The Hall–Kier alpha value is -9.39. The molecule has 4 aromatic heterocycles. The molecule has 0 radical (unpaired) electrons. The van der Waals surface area contributed by atoms with E-state index in [0.29, 0.717) is 17.5 Å². The number of para-hydroxylation sites is 3. The topological polar surface area (TPSA) is 69.9 Å². The van der Waals surface area contributed by atoms with E-state index in [1.807, 2.05) is 54.6 Å². The molecule has 0 aliphatic rings. The van der Waals surface area contributed by atoms with Crippen LogP contribution in [0.4, 0.5) is 0 Å². The summed E-state index contributed by atoms with van der Waals surface area (Å²) in [6.07, 6.45) is 0. The van der Waals surface area contributed by atoms with Crippen LogP contribution in [0.3, 0.4) is 0 Å². The summed E-state index contributed by atoms with van der Waals surface area (Å²) in [4.78, 5) is 15.8. The van der Waals surface area contributed by atoms with Crippen LogP contribution in [0, 0.1) is 0 Å². The van der Waals surface area contributed by atoms with Crippen molar-refractivity contribution in [2.75, 3.05) is 0 Å². The van der Waals surface area contributed by atoms with E-state index in [-0.39, 0.29) is 0 Å². The Labute approximate surface area is 396 Å². The average molecular weight is 883 g/mol. The molecule has 0 atom stereocenters. The maximum absolute atomic E-state index is 6.87. The molecule has 0 saturated carbocycles. The van der Waals surface area contributed by atoms with Gasteiger partial charge in [0.2, 0.25) is 0 Å². The highest BCUT2D eigenvalue weighted by molar-refractivity contribution is 6.16. The number of nitrogens with zero attached hydrogens (tertiary/aromatic N) is 4. The fraction of sp³-hybridized carbons (Fsp3) is 0. The summed E-state index contributed by atoms with van der Waals surface area (Å²) in [6, 6.07) is 80.4. The van der Waals surface area contributed by atoms with E-state index >= 15 is 0 Å². The molecule has 6 nitrogen and oxygen atoms in total. The SMILES string of the molecule is c1ccc(-c2ccc(-c3nc(-c4ccccc4)nc(-c4cc5oc6ccccc6c5cc4-c4cc(-n5c6ccccc6c6cc(-c7ccccc7)ccc65)c5c(c4)oc4ccccc45)n3)cc2)cc1. The van der Waals surface area contributed by atoms with Crippen LogP contribution >= 0.6 is 0 Å². The van der Waals surface area contributed by atoms with Gasteiger partial charge in [0, 0.05) is 43.6 Å². The molecule has 0 fully saturated rings. The van der Waals surface area contributed by atoms with E-state index in [1.165, 1.54) is 21.9 Å². The lowest BCUT2D eigenvalue weighted by Gasteiger charge is -2.15. The van der Waals surface area contributed by atoms with Crippen molar-refractivity contribution in [3.8, 4) is 73.2 Å². The molecule has 4 heterocycles. The van der Waals surface area contributed by atoms with Gasteiger partial charge in [-0.2, -0.15) is 0 Å². The molecular weight excluding hydrogens is 845 g/mol. The van der Waals surface area contributed by atoms with Gasteiger partial charge < -0.3 is 13.4 Å². The molecule has 0 N–H and O–H groups in total. The zero-order valence-electron chi connectivity index (χ0n) is 37.0. The zero-order valence-corrected chi connectivity index (χ0v) is 37.0. The van der Waals surface area contributed by atoms with Gasteiger partial charge in [0.05, 0.1) is 22.1 Å². The highest BCUT2D eigenvalue weighted by atomic mass is 16.3. The smallest absolute Gasteiger partial charge is 0.164 e. The Bertz CT molecular complexity index is 4290. The minimum absolute atomic E-state index is 0.528. The van der Waals surface area contributed by atoms with E-state index in [1.54, 1.807) is 0 Å². The predicted molar refractivity (Wildman–Crippen MR) is 281 cm³/mol. The second-order valence-corrected chi connectivity index (χ2v) is 17.5. The molecule has 0 spiro atoms. The standard InChI is InChI=1S/C63H38N4O2/c1-4-16-39(17-5-1)41-28-30-43(31-29-41)62-64-61(42-20-8-3-9-21-42)65-63(66-62)52-38-58-51(47-23-11-14-26-56(47)68-58)37-49(52)45-35-55(60-48-24-12-15-27-57(48)69-59(60)36-45)67-53-25-13-10-22-46(53)50-34-44(32-33-54(50)67)40-18-6-2-7-19-40/h1-38H. The van der Waals surface area contributed by atoms with Gasteiger partial charge in [-0.1, -0.05) is 176 Å². The van der Waals surface area contributed by atoms with Crippen LogP contribution in [-0.4, -0.2) is 19.5 Å². The molecule has 322 valence electrons. The van der Waals surface area contributed by atoms with Gasteiger partial charge in [0.25, 0.3) is 0 Å². The van der Waals surface area contributed by atoms with Crippen molar-refractivity contribution in [2.24, 2.45) is 0 Å². The number of benzene rings is 10. The van der Waals surface area contributed by atoms with Crippen molar-refractivity contribution < 1.29 is 8.83 Å². The summed E-state index contributed by atoms with van der Waals surface area (Å²) in [6.45, 7) is 0. The summed E-state index contributed by atoms with van der Waals surface area (Å²) < 4.78 is 15.9. The summed E-state index contributed by atoms with van der Waals surface area (Å²) in [5.74, 6) is 1.68. The molecule has 0 aliphatic heterocycles. The van der Waals surface area contributed by atoms with Crippen LogP contribution in [0.1, 0.15) is 0 Å². The third-order valence-corrected chi connectivity index (χ3v) is 13.5. The minimum atomic E-state index is 0.528. The molecule has 0 bridgehead atoms. The fourth-order valence-corrected chi connectivity index (χ4v) is 10.2. The second-order valence-electron chi connectivity index (χ2n) is 17.5. The number of furan rings is 2. The third-order valence-electron chi connectivity index (χ3n) is 13.5. The summed E-state index contributed by atoms with van der Waals surface area (Å²) >= 11 is 0. The molecule has 14 rings (SSSR count). The van der Waals surface area contributed by atoms with Gasteiger partial charge >= 0.3 is 0 Å². The number of fused-ring (bicyclic) bond motifs is 9. The predicted octanol–water partition coefficient (Wildman–Crippen LogP) is 16.8. The highest BCUT2D eigenvalue weighted by Crippen LogP contribution is 2.45. The first-order valence-corrected chi connectivity index (χ1v) is 23.2. The Balaban J connectivity index is 1.05. The van der Waals surface area contributed by atoms with Crippen LogP contribution in [0.25, 0.3) is 139 Å². The number of aromatic nitrogens is 4. The lowest BCUT2D eigenvalue weighted by molar-refractivity contribution is 0.669. The Kier molecular flexibility index (Phi) is 8.79. The van der Waals surface area contributed by atoms with Crippen molar-refractivity contribution in [1.82, 2.24) is 19.5 Å². The Morgan fingerprint density at radius 2 is 0.783 bits per heavy atom. The van der Waals surface area contributed by atoms with Crippen molar-refractivity contribution in [1.29, 1.82) is 0 Å². The van der Waals surface area contributed by atoms with E-state index in [9.17, 15) is 0 Å². The second kappa shape index (κ2) is 15.6. The van der Waals surface area contributed by atoms with Crippen LogP contribution in [0.2, 0.25) is 0 Å². The Morgan fingerprint density at radius 1 is 0.275 bits per heavy atom. The first kappa shape index (κ1) is 38.8. The first-order valence-electron chi connectivity index (χ1n) is 23.2. The van der Waals surface area contributed by atoms with E-state index in [4.69, 9.17) is 23.8 Å². The average Bonchev–Trinajstić information content (AvgIpc) is 4.10. The van der Waals surface area contributed by atoms with Crippen molar-refractivity contribution >= 4 is 65.7 Å². The van der Waals surface area contributed by atoms with Crippen LogP contribution in [-0.2, 0) is 0 Å².